The largest absolute Gasteiger partial charge is 0.160 e. The van der Waals surface area contributed by atoms with Crippen molar-refractivity contribution in [3.63, 3.8) is 0 Å². The predicted octanol–water partition coefficient (Wildman–Crippen LogP) is 4.71. The van der Waals surface area contributed by atoms with Gasteiger partial charge in [0.1, 0.15) is 0 Å². The Hall–Kier alpha value is 0.640. The van der Waals surface area contributed by atoms with Crippen LogP contribution in [0.4, 0.5) is 0 Å². The summed E-state index contributed by atoms with van der Waals surface area (Å²) < 4.78 is 0. The Labute approximate surface area is 92.8 Å². The fraction of sp³-hybridized carbons (Fsp3) is 1.00. The third-order valence-corrected chi connectivity index (χ3v) is 3.64. The van der Waals surface area contributed by atoms with Crippen molar-refractivity contribution < 1.29 is 0 Å². The smallest absolute Gasteiger partial charge is 0.0398 e. The van der Waals surface area contributed by atoms with Gasteiger partial charge in [-0.3, -0.25) is 0 Å². The number of thioether (sulfide) groups is 1. The molecule has 0 nitrogen and oxygen atoms in total. The van der Waals surface area contributed by atoms with Crippen molar-refractivity contribution in [3.05, 3.63) is 0 Å². The van der Waals surface area contributed by atoms with Gasteiger partial charge < -0.3 is 0 Å². The summed E-state index contributed by atoms with van der Waals surface area (Å²) in [6, 6.07) is 0. The SMILES string of the molecule is CCCCCCCCSCC(C)Cl. The molecular weight excluding hydrogens is 200 g/mol. The Morgan fingerprint density at radius 1 is 1.08 bits per heavy atom. The van der Waals surface area contributed by atoms with E-state index in [-0.39, 0.29) is 0 Å². The lowest BCUT2D eigenvalue weighted by Crippen LogP contribution is -1.95. The van der Waals surface area contributed by atoms with Crippen LogP contribution < -0.4 is 0 Å². The van der Waals surface area contributed by atoms with E-state index in [2.05, 4.69) is 13.8 Å². The number of unbranched alkanes of at least 4 members (excludes halogenated alkanes) is 5. The molecular formula is C11H23ClS. The molecule has 0 spiro atoms. The Morgan fingerprint density at radius 3 is 2.31 bits per heavy atom. The van der Waals surface area contributed by atoms with Crippen LogP contribution in [0.25, 0.3) is 0 Å². The zero-order chi connectivity index (χ0) is 9.94. The maximum absolute atomic E-state index is 5.84. The summed E-state index contributed by atoms with van der Waals surface area (Å²) in [6.45, 7) is 4.33. The van der Waals surface area contributed by atoms with E-state index in [9.17, 15) is 0 Å². The van der Waals surface area contributed by atoms with Gasteiger partial charge in [-0.15, -0.1) is 11.6 Å². The van der Waals surface area contributed by atoms with Crippen molar-refractivity contribution in [1.29, 1.82) is 0 Å². The van der Waals surface area contributed by atoms with Gasteiger partial charge in [-0.1, -0.05) is 39.0 Å². The first-order chi connectivity index (χ1) is 6.27. The van der Waals surface area contributed by atoms with Crippen LogP contribution in [0.1, 0.15) is 52.4 Å². The second kappa shape index (κ2) is 10.7. The lowest BCUT2D eigenvalue weighted by molar-refractivity contribution is 0.627. The highest BCUT2D eigenvalue weighted by Crippen LogP contribution is 2.12. The van der Waals surface area contributed by atoms with E-state index in [1.807, 2.05) is 11.8 Å². The van der Waals surface area contributed by atoms with E-state index >= 15 is 0 Å². The maximum Gasteiger partial charge on any atom is 0.0398 e. The van der Waals surface area contributed by atoms with Crippen molar-refractivity contribution in [1.82, 2.24) is 0 Å². The Balaban J connectivity index is 2.84. The molecule has 0 saturated carbocycles. The van der Waals surface area contributed by atoms with Gasteiger partial charge in [0.25, 0.3) is 0 Å². The van der Waals surface area contributed by atoms with Gasteiger partial charge in [0.2, 0.25) is 0 Å². The molecule has 0 aromatic carbocycles. The Kier molecular flexibility index (Phi) is 11.2. The standard InChI is InChI=1S/C11H23ClS/c1-3-4-5-6-7-8-9-13-10-11(2)12/h11H,3-10H2,1-2H3. The van der Waals surface area contributed by atoms with E-state index in [1.54, 1.807) is 0 Å². The molecule has 0 aliphatic heterocycles. The third kappa shape index (κ3) is 12.6. The van der Waals surface area contributed by atoms with Crippen LogP contribution in [0.5, 0.6) is 0 Å². The van der Waals surface area contributed by atoms with E-state index in [0.29, 0.717) is 5.38 Å². The summed E-state index contributed by atoms with van der Waals surface area (Å²) in [5.41, 5.74) is 0. The van der Waals surface area contributed by atoms with Crippen LogP contribution in [0.15, 0.2) is 0 Å². The van der Waals surface area contributed by atoms with Gasteiger partial charge in [0.15, 0.2) is 0 Å². The molecule has 13 heavy (non-hydrogen) atoms. The molecule has 80 valence electrons. The molecule has 0 N–H and O–H groups in total. The van der Waals surface area contributed by atoms with Crippen LogP contribution >= 0.6 is 23.4 Å². The lowest BCUT2D eigenvalue weighted by atomic mass is 10.1. The van der Waals surface area contributed by atoms with Gasteiger partial charge in [-0.25, -0.2) is 0 Å². The molecule has 0 saturated heterocycles. The van der Waals surface area contributed by atoms with Gasteiger partial charge >= 0.3 is 0 Å². The molecule has 0 rings (SSSR count). The monoisotopic (exact) mass is 222 g/mol. The number of hydrogen-bond donors (Lipinski definition) is 0. The minimum absolute atomic E-state index is 0.338. The molecule has 0 aliphatic rings. The topological polar surface area (TPSA) is 0 Å². The Morgan fingerprint density at radius 2 is 1.69 bits per heavy atom. The second-order valence-electron chi connectivity index (χ2n) is 3.62. The first kappa shape index (κ1) is 13.6. The summed E-state index contributed by atoms with van der Waals surface area (Å²) in [4.78, 5) is 0. The van der Waals surface area contributed by atoms with E-state index in [4.69, 9.17) is 11.6 Å². The summed E-state index contributed by atoms with van der Waals surface area (Å²) in [7, 11) is 0. The van der Waals surface area contributed by atoms with Crippen molar-refractivity contribution >= 4 is 23.4 Å². The van der Waals surface area contributed by atoms with Gasteiger partial charge in [-0.05, 0) is 19.1 Å². The quantitative estimate of drug-likeness (QED) is 0.402. The maximum atomic E-state index is 5.84. The number of hydrogen-bond acceptors (Lipinski definition) is 1. The van der Waals surface area contributed by atoms with Crippen LogP contribution in [0.3, 0.4) is 0 Å². The fourth-order valence-electron chi connectivity index (χ4n) is 1.23. The molecule has 2 heteroatoms. The highest BCUT2D eigenvalue weighted by molar-refractivity contribution is 7.99. The average molecular weight is 223 g/mol. The van der Waals surface area contributed by atoms with Crippen molar-refractivity contribution in [3.8, 4) is 0 Å². The van der Waals surface area contributed by atoms with Crippen LogP contribution in [-0.4, -0.2) is 16.9 Å². The molecule has 0 radical (unpaired) electrons. The molecule has 0 aromatic heterocycles. The minimum Gasteiger partial charge on any atom is -0.160 e. The van der Waals surface area contributed by atoms with Crippen molar-refractivity contribution in [2.45, 2.75) is 57.7 Å². The highest BCUT2D eigenvalue weighted by Gasteiger charge is 1.95. The first-order valence-corrected chi connectivity index (χ1v) is 7.08. The van der Waals surface area contributed by atoms with E-state index in [1.165, 1.54) is 44.3 Å². The first-order valence-electron chi connectivity index (χ1n) is 5.49. The molecule has 0 bridgehead atoms. The normalized spacial score (nSPS) is 13.2. The summed E-state index contributed by atoms with van der Waals surface area (Å²) in [5, 5.41) is 0.338. The van der Waals surface area contributed by atoms with E-state index in [0.717, 1.165) is 5.75 Å². The molecule has 0 amide bonds. The third-order valence-electron chi connectivity index (χ3n) is 1.99. The number of rotatable bonds is 9. The zero-order valence-corrected chi connectivity index (χ0v) is 10.6. The predicted molar refractivity (Wildman–Crippen MR) is 66.0 cm³/mol. The molecule has 1 unspecified atom stereocenters. The van der Waals surface area contributed by atoms with Crippen molar-refractivity contribution in [2.75, 3.05) is 11.5 Å². The highest BCUT2D eigenvalue weighted by atomic mass is 35.5. The van der Waals surface area contributed by atoms with Gasteiger partial charge in [0, 0.05) is 11.1 Å². The van der Waals surface area contributed by atoms with Gasteiger partial charge in [0.05, 0.1) is 0 Å². The molecule has 0 aromatic rings. The van der Waals surface area contributed by atoms with Crippen LogP contribution in [0.2, 0.25) is 0 Å². The summed E-state index contributed by atoms with van der Waals surface area (Å²) in [5.74, 6) is 2.40. The minimum atomic E-state index is 0.338. The molecule has 0 aliphatic carbocycles. The average Bonchev–Trinajstić information content (AvgIpc) is 2.09. The molecule has 0 heterocycles. The zero-order valence-electron chi connectivity index (χ0n) is 9.02. The molecule has 1 atom stereocenters. The fourth-order valence-corrected chi connectivity index (χ4v) is 2.40. The number of alkyl halides is 1. The summed E-state index contributed by atoms with van der Waals surface area (Å²) >= 11 is 7.83. The van der Waals surface area contributed by atoms with Gasteiger partial charge in [-0.2, -0.15) is 11.8 Å². The molecule has 0 fully saturated rings. The number of halogens is 1. The second-order valence-corrected chi connectivity index (χ2v) is 5.52. The van der Waals surface area contributed by atoms with Crippen LogP contribution in [0, 0.1) is 0 Å². The van der Waals surface area contributed by atoms with E-state index < -0.39 is 0 Å². The Bertz CT molecular complexity index is 94.1. The summed E-state index contributed by atoms with van der Waals surface area (Å²) in [6.07, 6.45) is 8.38. The lowest BCUT2D eigenvalue weighted by Gasteiger charge is -2.02. The van der Waals surface area contributed by atoms with Crippen molar-refractivity contribution in [2.24, 2.45) is 0 Å². The van der Waals surface area contributed by atoms with Crippen LogP contribution in [-0.2, 0) is 0 Å².